The Morgan fingerprint density at radius 1 is 1.24 bits per heavy atom. The van der Waals surface area contributed by atoms with E-state index in [0.29, 0.717) is 25.7 Å². The Balaban J connectivity index is 2.05. The molecule has 3 aliphatic rings. The van der Waals surface area contributed by atoms with Gasteiger partial charge in [-0.2, -0.15) is 0 Å². The number of hydrogen-bond acceptors (Lipinski definition) is 4. The van der Waals surface area contributed by atoms with Crippen molar-refractivity contribution in [3.63, 3.8) is 0 Å². The maximum Gasteiger partial charge on any atom is 0.309 e. The van der Waals surface area contributed by atoms with Crippen LogP contribution < -0.4 is 0 Å². The van der Waals surface area contributed by atoms with Gasteiger partial charge in [0.25, 0.3) is 0 Å². The van der Waals surface area contributed by atoms with Crippen molar-refractivity contribution in [2.45, 2.75) is 83.5 Å². The second kappa shape index (κ2) is 5.54. The molecule has 0 saturated heterocycles. The number of carbonyl (C=O) groups is 1. The first-order chi connectivity index (χ1) is 11.4. The summed E-state index contributed by atoms with van der Waals surface area (Å²) in [6.07, 6.45) is 4.86. The Hall–Kier alpha value is -0.910. The fourth-order valence-electron chi connectivity index (χ4n) is 5.98. The van der Waals surface area contributed by atoms with Gasteiger partial charge < -0.3 is 20.4 Å². The zero-order valence-corrected chi connectivity index (χ0v) is 15.7. The first-order valence-corrected chi connectivity index (χ1v) is 9.44. The van der Waals surface area contributed by atoms with E-state index in [0.717, 1.165) is 18.4 Å². The van der Waals surface area contributed by atoms with Crippen molar-refractivity contribution in [1.82, 2.24) is 0 Å². The van der Waals surface area contributed by atoms with Crippen LogP contribution in [0.4, 0.5) is 0 Å². The second-order valence-electron chi connectivity index (χ2n) is 9.60. The Bertz CT molecular complexity index is 606. The van der Waals surface area contributed by atoms with Gasteiger partial charge in [-0.25, -0.2) is 0 Å². The minimum absolute atomic E-state index is 0.0582. The molecule has 0 aliphatic heterocycles. The molecule has 142 valence electrons. The molecule has 0 bridgehead atoms. The van der Waals surface area contributed by atoms with Crippen LogP contribution in [-0.4, -0.2) is 43.7 Å². The van der Waals surface area contributed by atoms with Gasteiger partial charge in [-0.15, -0.1) is 0 Å². The Labute approximate surface area is 149 Å². The smallest absolute Gasteiger partial charge is 0.309 e. The van der Waals surface area contributed by atoms with Gasteiger partial charge in [0.1, 0.15) is 5.60 Å². The van der Waals surface area contributed by atoms with E-state index >= 15 is 0 Å². The van der Waals surface area contributed by atoms with Crippen LogP contribution in [-0.2, 0) is 4.79 Å². The first kappa shape index (κ1) is 18.9. The average Bonchev–Trinajstić information content (AvgIpc) is 2.48. The summed E-state index contributed by atoms with van der Waals surface area (Å²) in [5.41, 5.74) is -2.86. The molecule has 0 aromatic rings. The topological polar surface area (TPSA) is 98.0 Å². The third kappa shape index (κ3) is 2.58. The van der Waals surface area contributed by atoms with Gasteiger partial charge in [-0.3, -0.25) is 4.79 Å². The highest BCUT2D eigenvalue weighted by Gasteiger charge is 2.61. The molecule has 0 spiro atoms. The van der Waals surface area contributed by atoms with Crippen LogP contribution in [0.5, 0.6) is 0 Å². The van der Waals surface area contributed by atoms with Gasteiger partial charge in [-0.05, 0) is 81.8 Å². The average molecular weight is 352 g/mol. The zero-order chi connectivity index (χ0) is 18.8. The quantitative estimate of drug-likeness (QED) is 0.573. The molecule has 0 unspecified atom stereocenters. The van der Waals surface area contributed by atoms with E-state index in [2.05, 4.69) is 6.92 Å². The molecular formula is C20H32O5. The van der Waals surface area contributed by atoms with Gasteiger partial charge in [0.15, 0.2) is 0 Å². The summed E-state index contributed by atoms with van der Waals surface area (Å²) in [6.45, 7) is 7.17. The van der Waals surface area contributed by atoms with Gasteiger partial charge >= 0.3 is 5.97 Å². The Morgan fingerprint density at radius 3 is 2.44 bits per heavy atom. The monoisotopic (exact) mass is 352 g/mol. The molecule has 5 heteroatoms. The predicted molar refractivity (Wildman–Crippen MR) is 93.9 cm³/mol. The molecule has 3 aliphatic carbocycles. The van der Waals surface area contributed by atoms with Gasteiger partial charge in [0.2, 0.25) is 0 Å². The largest absolute Gasteiger partial charge is 0.481 e. The predicted octanol–water partition coefficient (Wildman–Crippen LogP) is 2.49. The maximum atomic E-state index is 12.0. The lowest BCUT2D eigenvalue weighted by Gasteiger charge is -2.60. The molecule has 6 atom stereocenters. The van der Waals surface area contributed by atoms with Crippen LogP contribution >= 0.6 is 0 Å². The minimum Gasteiger partial charge on any atom is -0.481 e. The molecule has 0 radical (unpaired) electrons. The highest BCUT2D eigenvalue weighted by molar-refractivity contribution is 5.75. The van der Waals surface area contributed by atoms with E-state index in [1.54, 1.807) is 19.9 Å². The highest BCUT2D eigenvalue weighted by Crippen LogP contribution is 2.63. The molecule has 5 nitrogen and oxygen atoms in total. The fraction of sp³-hybridized carbons (Fsp3) is 0.850. The van der Waals surface area contributed by atoms with Crippen molar-refractivity contribution >= 4 is 5.97 Å². The molecule has 4 N–H and O–H groups in total. The van der Waals surface area contributed by atoms with E-state index < -0.39 is 28.7 Å². The molecule has 0 heterocycles. The summed E-state index contributed by atoms with van der Waals surface area (Å²) < 4.78 is 0. The van der Waals surface area contributed by atoms with Crippen molar-refractivity contribution in [2.75, 3.05) is 0 Å². The normalized spacial score (nSPS) is 47.5. The summed E-state index contributed by atoms with van der Waals surface area (Å²) in [5.74, 6) is -0.800. The highest BCUT2D eigenvalue weighted by atomic mass is 16.4. The van der Waals surface area contributed by atoms with E-state index in [9.17, 15) is 25.2 Å². The van der Waals surface area contributed by atoms with Crippen molar-refractivity contribution in [2.24, 2.45) is 22.7 Å². The van der Waals surface area contributed by atoms with Crippen LogP contribution in [0.1, 0.15) is 66.2 Å². The van der Waals surface area contributed by atoms with Crippen LogP contribution in [0, 0.1) is 22.7 Å². The van der Waals surface area contributed by atoms with Crippen LogP contribution in [0.25, 0.3) is 0 Å². The number of aliphatic carboxylic acids is 1. The first-order valence-electron chi connectivity index (χ1n) is 9.44. The molecule has 0 aromatic carbocycles. The number of hydrogen-bond donors (Lipinski definition) is 4. The van der Waals surface area contributed by atoms with Crippen LogP contribution in [0.15, 0.2) is 11.6 Å². The van der Waals surface area contributed by atoms with E-state index in [-0.39, 0.29) is 17.3 Å². The van der Waals surface area contributed by atoms with E-state index in [1.165, 1.54) is 0 Å². The SMILES string of the molecule is CC(C)(O)[C@]1(O)C=C2[C@@H](CC1)[C@]1(C)CCC[C@](C)(C(=O)O)[C@H]1C[C@@H]2O. The molecule has 0 amide bonds. The molecule has 2 fully saturated rings. The zero-order valence-electron chi connectivity index (χ0n) is 15.7. The standard InChI is InChI=1S/C20H32O5/c1-17(2,24)20(25)9-6-13-12(11-20)14(21)10-15-18(13,3)7-5-8-19(15,4)16(22)23/h11,13-15,21,24-25H,5-10H2,1-4H3,(H,22,23)/t13-,14+,15+,18+,19+,20-/m1/s1. The van der Waals surface area contributed by atoms with Gasteiger partial charge in [0, 0.05) is 0 Å². The van der Waals surface area contributed by atoms with Crippen molar-refractivity contribution in [3.05, 3.63) is 11.6 Å². The fourth-order valence-corrected chi connectivity index (χ4v) is 5.98. The number of fused-ring (bicyclic) bond motifs is 3. The third-order valence-corrected chi connectivity index (χ3v) is 7.79. The van der Waals surface area contributed by atoms with Gasteiger partial charge in [-0.1, -0.05) is 13.3 Å². The Kier molecular flexibility index (Phi) is 4.18. The second-order valence-corrected chi connectivity index (χ2v) is 9.60. The van der Waals surface area contributed by atoms with E-state index in [1.807, 2.05) is 6.92 Å². The van der Waals surface area contributed by atoms with Crippen LogP contribution in [0.2, 0.25) is 0 Å². The number of aliphatic hydroxyl groups excluding tert-OH is 1. The summed E-state index contributed by atoms with van der Waals surface area (Å²) in [4.78, 5) is 12.0. The minimum atomic E-state index is -1.35. The number of rotatable bonds is 2. The van der Waals surface area contributed by atoms with Crippen molar-refractivity contribution in [1.29, 1.82) is 0 Å². The summed E-state index contributed by atoms with van der Waals surface area (Å²) in [6, 6.07) is 0. The molecular weight excluding hydrogens is 320 g/mol. The molecule has 25 heavy (non-hydrogen) atoms. The van der Waals surface area contributed by atoms with Crippen LogP contribution in [0.3, 0.4) is 0 Å². The lowest BCUT2D eigenvalue weighted by atomic mass is 9.45. The van der Waals surface area contributed by atoms with Crippen molar-refractivity contribution < 1.29 is 25.2 Å². The van der Waals surface area contributed by atoms with Gasteiger partial charge in [0.05, 0.1) is 17.1 Å². The maximum absolute atomic E-state index is 12.0. The van der Waals surface area contributed by atoms with E-state index in [4.69, 9.17) is 0 Å². The molecule has 0 aromatic heterocycles. The third-order valence-electron chi connectivity index (χ3n) is 7.79. The number of aliphatic hydroxyl groups is 3. The lowest BCUT2D eigenvalue weighted by Crippen LogP contribution is -2.59. The molecule has 3 rings (SSSR count). The van der Waals surface area contributed by atoms with Crippen molar-refractivity contribution in [3.8, 4) is 0 Å². The lowest BCUT2D eigenvalue weighted by molar-refractivity contribution is -0.170. The summed E-state index contributed by atoms with van der Waals surface area (Å²) in [7, 11) is 0. The Morgan fingerprint density at radius 2 is 1.88 bits per heavy atom. The summed E-state index contributed by atoms with van der Waals surface area (Å²) in [5, 5.41) is 41.9. The summed E-state index contributed by atoms with van der Waals surface area (Å²) >= 11 is 0. The number of carboxylic acid groups (broad SMARTS) is 1. The molecule has 2 saturated carbocycles. The number of carboxylic acids is 1.